The number of thioether (sulfide) groups is 1. The first-order valence-electron chi connectivity index (χ1n) is 11.1. The zero-order valence-electron chi connectivity index (χ0n) is 18.2. The van der Waals surface area contributed by atoms with E-state index >= 15 is 0 Å². The summed E-state index contributed by atoms with van der Waals surface area (Å²) >= 11 is 1.67. The van der Waals surface area contributed by atoms with Gasteiger partial charge in [-0.1, -0.05) is 59.7 Å². The average Bonchev–Trinajstić information content (AvgIpc) is 2.77. The van der Waals surface area contributed by atoms with Crippen LogP contribution in [0.25, 0.3) is 6.08 Å². The zero-order valence-corrected chi connectivity index (χ0v) is 19.0. The lowest BCUT2D eigenvalue weighted by Gasteiger charge is -2.39. The van der Waals surface area contributed by atoms with Gasteiger partial charge in [0.05, 0.1) is 4.91 Å². The fourth-order valence-electron chi connectivity index (χ4n) is 4.27. The Balaban J connectivity index is 1.29. The SMILES string of the molecule is Cc1ccc(/C=C2/SC3CCC(C(=O)NCCc4ccc(C)cc4)CC3NC2=O)cc1. The number of rotatable bonds is 5. The average molecular weight is 435 g/mol. The number of aryl methyl sites for hydroxylation is 2. The van der Waals surface area contributed by atoms with E-state index in [1.54, 1.807) is 11.8 Å². The molecule has 2 fully saturated rings. The maximum Gasteiger partial charge on any atom is 0.257 e. The molecule has 2 aromatic rings. The van der Waals surface area contributed by atoms with Gasteiger partial charge in [-0.25, -0.2) is 0 Å². The minimum absolute atomic E-state index is 0.0211. The van der Waals surface area contributed by atoms with Crippen molar-refractivity contribution in [2.75, 3.05) is 6.54 Å². The first-order chi connectivity index (χ1) is 15.0. The molecule has 1 saturated carbocycles. The fraction of sp³-hybridized carbons (Fsp3) is 0.385. The number of amides is 2. The number of nitrogens with one attached hydrogen (secondary N) is 2. The molecule has 5 heteroatoms. The lowest BCUT2D eigenvalue weighted by molar-refractivity contribution is -0.127. The maximum atomic E-state index is 12.7. The van der Waals surface area contributed by atoms with Crippen molar-refractivity contribution >= 4 is 29.7 Å². The summed E-state index contributed by atoms with van der Waals surface area (Å²) in [5, 5.41) is 6.60. The van der Waals surface area contributed by atoms with Gasteiger partial charge in [-0.2, -0.15) is 0 Å². The molecule has 3 atom stereocenters. The van der Waals surface area contributed by atoms with Crippen molar-refractivity contribution in [1.29, 1.82) is 0 Å². The van der Waals surface area contributed by atoms with Gasteiger partial charge in [0.15, 0.2) is 0 Å². The molecule has 0 spiro atoms. The summed E-state index contributed by atoms with van der Waals surface area (Å²) in [5.41, 5.74) is 4.73. The summed E-state index contributed by atoms with van der Waals surface area (Å²) in [6.45, 7) is 4.78. The van der Waals surface area contributed by atoms with Crippen LogP contribution in [0.3, 0.4) is 0 Å². The second kappa shape index (κ2) is 9.73. The first-order valence-corrected chi connectivity index (χ1v) is 11.9. The molecule has 4 rings (SSSR count). The topological polar surface area (TPSA) is 58.2 Å². The van der Waals surface area contributed by atoms with Crippen LogP contribution in [0.5, 0.6) is 0 Å². The molecule has 2 amide bonds. The molecule has 31 heavy (non-hydrogen) atoms. The van der Waals surface area contributed by atoms with E-state index in [0.29, 0.717) is 11.8 Å². The Morgan fingerprint density at radius 3 is 2.45 bits per heavy atom. The lowest BCUT2D eigenvalue weighted by Crippen LogP contribution is -2.51. The van der Waals surface area contributed by atoms with Gasteiger partial charge in [0, 0.05) is 23.8 Å². The van der Waals surface area contributed by atoms with E-state index in [9.17, 15) is 9.59 Å². The predicted octanol–water partition coefficient (Wildman–Crippen LogP) is 4.40. The summed E-state index contributed by atoms with van der Waals surface area (Å²) in [6, 6.07) is 16.7. The van der Waals surface area contributed by atoms with Crippen molar-refractivity contribution in [3.63, 3.8) is 0 Å². The van der Waals surface area contributed by atoms with Crippen LogP contribution in [0.15, 0.2) is 53.4 Å². The molecule has 1 heterocycles. The van der Waals surface area contributed by atoms with Gasteiger partial charge < -0.3 is 10.6 Å². The number of carbonyl (C=O) groups excluding carboxylic acids is 2. The van der Waals surface area contributed by atoms with Gasteiger partial charge >= 0.3 is 0 Å². The molecule has 3 unspecified atom stereocenters. The van der Waals surface area contributed by atoms with E-state index in [1.807, 2.05) is 18.2 Å². The summed E-state index contributed by atoms with van der Waals surface area (Å²) in [6.07, 6.45) is 5.34. The minimum Gasteiger partial charge on any atom is -0.356 e. The highest BCUT2D eigenvalue weighted by Crippen LogP contribution is 2.39. The van der Waals surface area contributed by atoms with Crippen molar-refractivity contribution < 1.29 is 9.59 Å². The molecule has 4 nitrogen and oxygen atoms in total. The van der Waals surface area contributed by atoms with Crippen LogP contribution in [-0.2, 0) is 16.0 Å². The van der Waals surface area contributed by atoms with Crippen LogP contribution in [-0.4, -0.2) is 29.7 Å². The van der Waals surface area contributed by atoms with E-state index < -0.39 is 0 Å². The molecule has 2 N–H and O–H groups in total. The van der Waals surface area contributed by atoms with E-state index in [4.69, 9.17) is 0 Å². The van der Waals surface area contributed by atoms with Gasteiger partial charge in [-0.15, -0.1) is 11.8 Å². The normalized spacial score (nSPS) is 24.4. The molecule has 0 radical (unpaired) electrons. The Labute approximate surface area is 188 Å². The highest BCUT2D eigenvalue weighted by Gasteiger charge is 2.39. The van der Waals surface area contributed by atoms with E-state index in [2.05, 4.69) is 60.9 Å². The van der Waals surface area contributed by atoms with Crippen molar-refractivity contribution in [1.82, 2.24) is 10.6 Å². The first kappa shape index (κ1) is 21.7. The number of carbonyl (C=O) groups is 2. The number of hydrogen-bond donors (Lipinski definition) is 2. The summed E-state index contributed by atoms with van der Waals surface area (Å²) < 4.78 is 0. The monoisotopic (exact) mass is 434 g/mol. The quantitative estimate of drug-likeness (QED) is 0.686. The zero-order chi connectivity index (χ0) is 21.8. The summed E-state index contributed by atoms with van der Waals surface area (Å²) in [5.74, 6) is 0.0702. The Hall–Kier alpha value is -2.53. The lowest BCUT2D eigenvalue weighted by atomic mass is 9.84. The second-order valence-corrected chi connectivity index (χ2v) is 9.97. The van der Waals surface area contributed by atoms with Crippen LogP contribution in [0.2, 0.25) is 0 Å². The van der Waals surface area contributed by atoms with Crippen LogP contribution in [0.1, 0.15) is 41.5 Å². The molecule has 1 aliphatic heterocycles. The molecule has 1 aliphatic carbocycles. The summed E-state index contributed by atoms with van der Waals surface area (Å²) in [4.78, 5) is 26.1. The van der Waals surface area contributed by atoms with Crippen LogP contribution in [0.4, 0.5) is 0 Å². The van der Waals surface area contributed by atoms with Gasteiger partial charge in [-0.3, -0.25) is 9.59 Å². The van der Waals surface area contributed by atoms with E-state index in [1.165, 1.54) is 16.7 Å². The van der Waals surface area contributed by atoms with Crippen molar-refractivity contribution in [3.05, 3.63) is 75.7 Å². The Morgan fingerprint density at radius 1 is 1.06 bits per heavy atom. The van der Waals surface area contributed by atoms with Crippen LogP contribution < -0.4 is 10.6 Å². The largest absolute Gasteiger partial charge is 0.356 e. The Kier molecular flexibility index (Phi) is 6.81. The molecule has 2 aliphatic rings. The highest BCUT2D eigenvalue weighted by atomic mass is 32.2. The van der Waals surface area contributed by atoms with Gasteiger partial charge in [0.1, 0.15) is 0 Å². The Morgan fingerprint density at radius 2 is 1.74 bits per heavy atom. The standard InChI is InChI=1S/C26H30N2O2S/c1-17-3-7-19(8-4-17)13-14-27-25(29)21-11-12-23-22(16-21)28-26(30)24(31-23)15-20-9-5-18(2)6-10-20/h3-10,15,21-23H,11-14,16H2,1-2H3,(H,27,29)(H,28,30)/b24-15+. The van der Waals surface area contributed by atoms with Crippen molar-refractivity contribution in [3.8, 4) is 0 Å². The number of fused-ring (bicyclic) bond motifs is 1. The molecule has 0 aromatic heterocycles. The molecule has 1 saturated heterocycles. The van der Waals surface area contributed by atoms with Gasteiger partial charge in [0.25, 0.3) is 5.91 Å². The molecular formula is C26H30N2O2S. The molecular weight excluding hydrogens is 404 g/mol. The van der Waals surface area contributed by atoms with E-state index in [0.717, 1.165) is 36.2 Å². The Bertz CT molecular complexity index is 966. The van der Waals surface area contributed by atoms with Crippen molar-refractivity contribution in [2.45, 2.75) is 50.8 Å². The van der Waals surface area contributed by atoms with Crippen molar-refractivity contribution in [2.24, 2.45) is 5.92 Å². The molecule has 0 bridgehead atoms. The number of benzene rings is 2. The molecule has 162 valence electrons. The maximum absolute atomic E-state index is 12.7. The second-order valence-electron chi connectivity index (χ2n) is 8.69. The summed E-state index contributed by atoms with van der Waals surface area (Å²) in [7, 11) is 0. The van der Waals surface area contributed by atoms with Crippen LogP contribution >= 0.6 is 11.8 Å². The predicted molar refractivity (Wildman–Crippen MR) is 128 cm³/mol. The van der Waals surface area contributed by atoms with Gasteiger partial charge in [-0.05, 0) is 56.7 Å². The minimum atomic E-state index is -0.0252. The third-order valence-corrected chi connectivity index (χ3v) is 7.61. The third kappa shape index (κ3) is 5.59. The number of hydrogen-bond acceptors (Lipinski definition) is 3. The van der Waals surface area contributed by atoms with Gasteiger partial charge in [0.2, 0.25) is 5.91 Å². The molecule has 2 aromatic carbocycles. The van der Waals surface area contributed by atoms with Crippen LogP contribution in [0, 0.1) is 19.8 Å². The smallest absolute Gasteiger partial charge is 0.257 e. The third-order valence-electron chi connectivity index (χ3n) is 6.18. The fourth-order valence-corrected chi connectivity index (χ4v) is 5.57. The highest BCUT2D eigenvalue weighted by molar-refractivity contribution is 8.04. The van der Waals surface area contributed by atoms with E-state index in [-0.39, 0.29) is 23.8 Å².